The lowest BCUT2D eigenvalue weighted by molar-refractivity contribution is -0.126. The van der Waals surface area contributed by atoms with Crippen LogP contribution in [0.15, 0.2) is 22.8 Å². The molecule has 1 heterocycles. The summed E-state index contributed by atoms with van der Waals surface area (Å²) in [7, 11) is 0. The second-order valence-electron chi connectivity index (χ2n) is 6.67. The topological polar surface area (TPSA) is 30.0 Å². The maximum atomic E-state index is 12.1. The molecule has 1 aromatic rings. The van der Waals surface area contributed by atoms with E-state index in [0.717, 1.165) is 35.8 Å². The van der Waals surface area contributed by atoms with Crippen molar-refractivity contribution in [2.75, 3.05) is 0 Å². The molecule has 1 aliphatic carbocycles. The van der Waals surface area contributed by atoms with Gasteiger partial charge in [0.15, 0.2) is 0 Å². The van der Waals surface area contributed by atoms with E-state index in [-0.39, 0.29) is 5.92 Å². The first-order valence-electron chi connectivity index (χ1n) is 6.99. The van der Waals surface area contributed by atoms with Crippen LogP contribution in [-0.4, -0.2) is 10.8 Å². The smallest absolute Gasteiger partial charge is 0.136 e. The van der Waals surface area contributed by atoms with Gasteiger partial charge in [-0.15, -0.1) is 0 Å². The van der Waals surface area contributed by atoms with Crippen molar-refractivity contribution in [3.05, 3.63) is 28.5 Å². The SMILES string of the molecule is CC(C)(C)C1CCC(=O)C(Cc2ccc(Br)cn2)C1. The number of aromatic nitrogens is 1. The molecule has 0 bridgehead atoms. The van der Waals surface area contributed by atoms with Gasteiger partial charge >= 0.3 is 0 Å². The minimum absolute atomic E-state index is 0.159. The second kappa shape index (κ2) is 5.74. The Balaban J connectivity index is 2.05. The van der Waals surface area contributed by atoms with Crippen molar-refractivity contribution in [2.24, 2.45) is 17.3 Å². The molecule has 3 heteroatoms. The van der Waals surface area contributed by atoms with Gasteiger partial charge in [0.05, 0.1) is 0 Å². The number of carbonyl (C=O) groups excluding carboxylic acids is 1. The fourth-order valence-corrected chi connectivity index (χ4v) is 3.11. The van der Waals surface area contributed by atoms with E-state index in [9.17, 15) is 4.79 Å². The lowest BCUT2D eigenvalue weighted by Gasteiger charge is -2.37. The monoisotopic (exact) mass is 323 g/mol. The third-order valence-corrected chi connectivity index (χ3v) is 4.70. The van der Waals surface area contributed by atoms with Gasteiger partial charge in [0.2, 0.25) is 0 Å². The van der Waals surface area contributed by atoms with E-state index in [1.807, 2.05) is 18.3 Å². The predicted octanol–water partition coefficient (Wildman–Crippen LogP) is 4.42. The number of rotatable bonds is 2. The van der Waals surface area contributed by atoms with E-state index in [1.165, 1.54) is 0 Å². The van der Waals surface area contributed by atoms with Crippen LogP contribution in [-0.2, 0) is 11.2 Å². The summed E-state index contributed by atoms with van der Waals surface area (Å²) in [6.07, 6.45) is 5.40. The second-order valence-corrected chi connectivity index (χ2v) is 7.59. The molecule has 0 amide bonds. The van der Waals surface area contributed by atoms with Crippen molar-refractivity contribution in [3.63, 3.8) is 0 Å². The van der Waals surface area contributed by atoms with Crippen LogP contribution in [0, 0.1) is 17.3 Å². The van der Waals surface area contributed by atoms with E-state index in [0.29, 0.717) is 17.1 Å². The summed E-state index contributed by atoms with van der Waals surface area (Å²) >= 11 is 3.39. The normalized spacial score (nSPS) is 24.5. The molecule has 1 aromatic heterocycles. The van der Waals surface area contributed by atoms with Crippen molar-refractivity contribution in [3.8, 4) is 0 Å². The number of hydrogen-bond acceptors (Lipinski definition) is 2. The minimum atomic E-state index is 0.159. The molecule has 2 rings (SSSR count). The zero-order valence-corrected chi connectivity index (χ0v) is 13.5. The standard InChI is InChI=1S/C16H22BrNO/c1-16(2,3)12-4-7-15(19)11(8-12)9-14-6-5-13(17)10-18-14/h5-6,10-12H,4,7-9H2,1-3H3. The molecule has 104 valence electrons. The molecule has 1 fully saturated rings. The number of carbonyl (C=O) groups is 1. The molecular formula is C16H22BrNO. The summed E-state index contributed by atoms with van der Waals surface area (Å²) < 4.78 is 0.985. The summed E-state index contributed by atoms with van der Waals surface area (Å²) in [4.78, 5) is 16.5. The van der Waals surface area contributed by atoms with Crippen LogP contribution in [0.1, 0.15) is 45.7 Å². The van der Waals surface area contributed by atoms with Gasteiger partial charge in [-0.2, -0.15) is 0 Å². The lowest BCUT2D eigenvalue weighted by Crippen LogP contribution is -2.33. The van der Waals surface area contributed by atoms with Gasteiger partial charge in [-0.1, -0.05) is 20.8 Å². The zero-order chi connectivity index (χ0) is 14.0. The Kier molecular flexibility index (Phi) is 4.44. The summed E-state index contributed by atoms with van der Waals surface area (Å²) in [6.45, 7) is 6.84. The Bertz CT molecular complexity index is 447. The molecule has 2 atom stereocenters. The third kappa shape index (κ3) is 3.88. The number of ketones is 1. The average molecular weight is 324 g/mol. The van der Waals surface area contributed by atoms with Gasteiger partial charge in [0.25, 0.3) is 0 Å². The molecule has 0 spiro atoms. The molecule has 2 unspecified atom stereocenters. The highest BCUT2D eigenvalue weighted by Crippen LogP contribution is 2.39. The molecule has 19 heavy (non-hydrogen) atoms. The first-order valence-corrected chi connectivity index (χ1v) is 7.78. The first kappa shape index (κ1) is 14.7. The molecule has 1 aliphatic rings. The zero-order valence-electron chi connectivity index (χ0n) is 11.9. The van der Waals surface area contributed by atoms with Gasteiger partial charge in [0.1, 0.15) is 5.78 Å². The van der Waals surface area contributed by atoms with Crippen molar-refractivity contribution < 1.29 is 4.79 Å². The highest BCUT2D eigenvalue weighted by Gasteiger charge is 2.34. The Morgan fingerprint density at radius 1 is 1.37 bits per heavy atom. The number of hydrogen-bond donors (Lipinski definition) is 0. The van der Waals surface area contributed by atoms with Crippen molar-refractivity contribution in [1.29, 1.82) is 0 Å². The van der Waals surface area contributed by atoms with Crippen LogP contribution in [0.5, 0.6) is 0 Å². The number of Topliss-reactive ketones (excluding diaryl/α,β-unsaturated/α-hetero) is 1. The molecule has 0 N–H and O–H groups in total. The molecule has 0 aliphatic heterocycles. The number of pyridine rings is 1. The largest absolute Gasteiger partial charge is 0.299 e. The van der Waals surface area contributed by atoms with E-state index >= 15 is 0 Å². The van der Waals surface area contributed by atoms with Crippen LogP contribution in [0.25, 0.3) is 0 Å². The number of halogens is 1. The highest BCUT2D eigenvalue weighted by molar-refractivity contribution is 9.10. The third-order valence-electron chi connectivity index (χ3n) is 4.23. The van der Waals surface area contributed by atoms with Crippen LogP contribution in [0.4, 0.5) is 0 Å². The Morgan fingerprint density at radius 3 is 2.68 bits per heavy atom. The predicted molar refractivity (Wildman–Crippen MR) is 80.9 cm³/mol. The Morgan fingerprint density at radius 2 is 2.11 bits per heavy atom. The van der Waals surface area contributed by atoms with Gasteiger partial charge in [-0.3, -0.25) is 9.78 Å². The Labute approximate surface area is 124 Å². The minimum Gasteiger partial charge on any atom is -0.299 e. The maximum Gasteiger partial charge on any atom is 0.136 e. The fourth-order valence-electron chi connectivity index (χ4n) is 2.88. The molecule has 0 aromatic carbocycles. The van der Waals surface area contributed by atoms with E-state index < -0.39 is 0 Å². The summed E-state index contributed by atoms with van der Waals surface area (Å²) in [6, 6.07) is 4.01. The van der Waals surface area contributed by atoms with E-state index in [1.54, 1.807) is 0 Å². The van der Waals surface area contributed by atoms with Gasteiger partial charge < -0.3 is 0 Å². The number of nitrogens with zero attached hydrogens (tertiary/aromatic N) is 1. The van der Waals surface area contributed by atoms with Crippen LogP contribution in [0.3, 0.4) is 0 Å². The van der Waals surface area contributed by atoms with Crippen LogP contribution in [0.2, 0.25) is 0 Å². The molecule has 1 saturated carbocycles. The molecule has 0 saturated heterocycles. The van der Waals surface area contributed by atoms with Crippen molar-refractivity contribution >= 4 is 21.7 Å². The first-order chi connectivity index (χ1) is 8.86. The van der Waals surface area contributed by atoms with Crippen molar-refractivity contribution in [1.82, 2.24) is 4.98 Å². The molecule has 0 radical (unpaired) electrons. The molecular weight excluding hydrogens is 302 g/mol. The van der Waals surface area contributed by atoms with Gasteiger partial charge in [0, 0.05) is 28.7 Å². The van der Waals surface area contributed by atoms with Gasteiger partial charge in [-0.05, 0) is 58.7 Å². The molecule has 2 nitrogen and oxygen atoms in total. The fraction of sp³-hybridized carbons (Fsp3) is 0.625. The van der Waals surface area contributed by atoms with Crippen molar-refractivity contribution in [2.45, 2.75) is 46.5 Å². The summed E-state index contributed by atoms with van der Waals surface area (Å²) in [5.74, 6) is 1.22. The van der Waals surface area contributed by atoms with Crippen LogP contribution >= 0.6 is 15.9 Å². The van der Waals surface area contributed by atoms with E-state index in [2.05, 4.69) is 41.7 Å². The highest BCUT2D eigenvalue weighted by atomic mass is 79.9. The lowest BCUT2D eigenvalue weighted by atomic mass is 9.68. The summed E-state index contributed by atoms with van der Waals surface area (Å²) in [5, 5.41) is 0. The summed E-state index contributed by atoms with van der Waals surface area (Å²) in [5.41, 5.74) is 1.32. The Hall–Kier alpha value is -0.700. The maximum absolute atomic E-state index is 12.1. The average Bonchev–Trinajstić information content (AvgIpc) is 2.33. The quantitative estimate of drug-likeness (QED) is 0.806. The van der Waals surface area contributed by atoms with Gasteiger partial charge in [-0.25, -0.2) is 0 Å². The van der Waals surface area contributed by atoms with Crippen LogP contribution < -0.4 is 0 Å². The van der Waals surface area contributed by atoms with E-state index in [4.69, 9.17) is 0 Å².